The first-order chi connectivity index (χ1) is 6.57. The Hall–Kier alpha value is -0.260. The van der Waals surface area contributed by atoms with E-state index in [1.54, 1.807) is 14.0 Å². The van der Waals surface area contributed by atoms with Gasteiger partial charge in [-0.05, 0) is 6.92 Å². The number of aliphatic hydroxyl groups is 1. The van der Waals surface area contributed by atoms with Gasteiger partial charge in [-0.1, -0.05) is 6.92 Å². The summed E-state index contributed by atoms with van der Waals surface area (Å²) in [5, 5.41) is 12.0. The van der Waals surface area contributed by atoms with Crippen LogP contribution < -0.4 is 5.32 Å². The maximum atomic E-state index is 11.2. The molecule has 2 N–H and O–H groups in total. The van der Waals surface area contributed by atoms with E-state index in [4.69, 9.17) is 4.74 Å². The smallest absolute Gasteiger partial charge is 0.230 e. The molecule has 0 saturated heterocycles. The van der Waals surface area contributed by atoms with E-state index >= 15 is 0 Å². The zero-order chi connectivity index (χ0) is 11.0. The van der Waals surface area contributed by atoms with Gasteiger partial charge in [0, 0.05) is 18.9 Å². The number of hydrogen-bond acceptors (Lipinski definition) is 4. The molecule has 0 fully saturated rings. The molecule has 0 radical (unpaired) electrons. The van der Waals surface area contributed by atoms with E-state index in [1.807, 2.05) is 6.92 Å². The Kier molecular flexibility index (Phi) is 7.93. The Bertz CT molecular complexity index is 164. The number of thioether (sulfide) groups is 1. The average molecular weight is 221 g/mol. The van der Waals surface area contributed by atoms with E-state index in [0.717, 1.165) is 0 Å². The minimum atomic E-state index is -0.383. The minimum Gasteiger partial charge on any atom is -0.392 e. The van der Waals surface area contributed by atoms with Crippen LogP contribution >= 0.6 is 11.8 Å². The normalized spacial score (nSPS) is 14.9. The van der Waals surface area contributed by atoms with Gasteiger partial charge in [-0.2, -0.15) is 0 Å². The summed E-state index contributed by atoms with van der Waals surface area (Å²) in [6.07, 6.45) is -0.383. The molecule has 4 nitrogen and oxygen atoms in total. The van der Waals surface area contributed by atoms with Crippen LogP contribution in [-0.4, -0.2) is 48.4 Å². The Morgan fingerprint density at radius 1 is 1.57 bits per heavy atom. The van der Waals surface area contributed by atoms with Crippen LogP contribution in [-0.2, 0) is 9.53 Å². The third-order valence-corrected chi connectivity index (χ3v) is 3.13. The quantitative estimate of drug-likeness (QED) is 0.605. The second-order valence-electron chi connectivity index (χ2n) is 3.10. The van der Waals surface area contributed by atoms with E-state index < -0.39 is 0 Å². The molecule has 0 aromatic heterocycles. The van der Waals surface area contributed by atoms with Gasteiger partial charge in [-0.25, -0.2) is 0 Å². The van der Waals surface area contributed by atoms with Crippen molar-refractivity contribution in [2.75, 3.05) is 26.0 Å². The van der Waals surface area contributed by atoms with Crippen LogP contribution in [0.2, 0.25) is 0 Å². The minimum absolute atomic E-state index is 0.0143. The second-order valence-corrected chi connectivity index (χ2v) is 4.47. The number of carbonyl (C=O) groups is 1. The fourth-order valence-corrected chi connectivity index (χ4v) is 1.48. The van der Waals surface area contributed by atoms with Crippen molar-refractivity contribution in [2.45, 2.75) is 25.2 Å². The predicted molar refractivity (Wildman–Crippen MR) is 58.5 cm³/mol. The van der Waals surface area contributed by atoms with E-state index in [-0.39, 0.29) is 17.3 Å². The van der Waals surface area contributed by atoms with Gasteiger partial charge in [-0.3, -0.25) is 4.79 Å². The Labute approximate surface area is 89.4 Å². The number of rotatable bonds is 7. The molecule has 5 heteroatoms. The highest BCUT2D eigenvalue weighted by molar-refractivity contribution is 8.00. The molecular weight excluding hydrogens is 202 g/mol. The van der Waals surface area contributed by atoms with Gasteiger partial charge in [0.05, 0.1) is 18.5 Å². The molecule has 0 heterocycles. The predicted octanol–water partition coefficient (Wildman–Crippen LogP) is 0.252. The lowest BCUT2D eigenvalue weighted by atomic mass is 10.3. The molecule has 2 unspecified atom stereocenters. The van der Waals surface area contributed by atoms with Crippen LogP contribution in [0, 0.1) is 0 Å². The first-order valence-electron chi connectivity index (χ1n) is 4.63. The number of ether oxygens (including phenoxy) is 1. The molecule has 1 amide bonds. The molecule has 0 aromatic rings. The highest BCUT2D eigenvalue weighted by Crippen LogP contribution is 2.13. The lowest BCUT2D eigenvalue weighted by molar-refractivity contribution is -0.118. The summed E-state index contributed by atoms with van der Waals surface area (Å²) in [4.78, 5) is 11.2. The SMILES string of the molecule is COCCNC(=O)CSC(C)C(C)O. The van der Waals surface area contributed by atoms with E-state index in [0.29, 0.717) is 18.9 Å². The zero-order valence-corrected chi connectivity index (χ0v) is 9.76. The van der Waals surface area contributed by atoms with Gasteiger partial charge in [0.25, 0.3) is 0 Å². The number of amides is 1. The van der Waals surface area contributed by atoms with E-state index in [1.165, 1.54) is 11.8 Å². The summed E-state index contributed by atoms with van der Waals surface area (Å²) in [6.45, 7) is 4.69. The monoisotopic (exact) mass is 221 g/mol. The van der Waals surface area contributed by atoms with Crippen molar-refractivity contribution in [3.8, 4) is 0 Å². The average Bonchev–Trinajstić information content (AvgIpc) is 2.14. The Balaban J connectivity index is 3.44. The standard InChI is InChI=1S/C9H19NO3S/c1-7(11)8(2)14-6-9(12)10-4-5-13-3/h7-8,11H,4-6H2,1-3H3,(H,10,12). The van der Waals surface area contributed by atoms with Gasteiger partial charge in [-0.15, -0.1) is 11.8 Å². The van der Waals surface area contributed by atoms with Crippen LogP contribution in [0.1, 0.15) is 13.8 Å². The van der Waals surface area contributed by atoms with Gasteiger partial charge in [0.15, 0.2) is 0 Å². The molecule has 0 aliphatic carbocycles. The molecule has 0 aliphatic rings. The summed E-state index contributed by atoms with van der Waals surface area (Å²) in [6, 6.07) is 0. The summed E-state index contributed by atoms with van der Waals surface area (Å²) in [7, 11) is 1.59. The lowest BCUT2D eigenvalue weighted by Gasteiger charge is -2.13. The maximum absolute atomic E-state index is 11.2. The number of hydrogen-bond donors (Lipinski definition) is 2. The third kappa shape index (κ3) is 7.17. The maximum Gasteiger partial charge on any atom is 0.230 e. The van der Waals surface area contributed by atoms with Gasteiger partial charge in [0.2, 0.25) is 5.91 Å². The van der Waals surface area contributed by atoms with Crippen molar-refractivity contribution in [1.82, 2.24) is 5.32 Å². The first-order valence-corrected chi connectivity index (χ1v) is 5.68. The van der Waals surface area contributed by atoms with Gasteiger partial charge < -0.3 is 15.2 Å². The zero-order valence-electron chi connectivity index (χ0n) is 8.95. The highest BCUT2D eigenvalue weighted by Gasteiger charge is 2.11. The Morgan fingerprint density at radius 3 is 2.71 bits per heavy atom. The molecular formula is C9H19NO3S. The van der Waals surface area contributed by atoms with Crippen LogP contribution in [0.15, 0.2) is 0 Å². The molecule has 0 saturated carbocycles. The summed E-state index contributed by atoms with van der Waals surface area (Å²) >= 11 is 1.45. The van der Waals surface area contributed by atoms with Crippen LogP contribution in [0.4, 0.5) is 0 Å². The molecule has 2 atom stereocenters. The topological polar surface area (TPSA) is 58.6 Å². The van der Waals surface area contributed by atoms with Crippen LogP contribution in [0.25, 0.3) is 0 Å². The van der Waals surface area contributed by atoms with Crippen molar-refractivity contribution in [2.24, 2.45) is 0 Å². The number of aliphatic hydroxyl groups excluding tert-OH is 1. The second kappa shape index (κ2) is 8.08. The van der Waals surface area contributed by atoms with Gasteiger partial charge >= 0.3 is 0 Å². The summed E-state index contributed by atoms with van der Waals surface area (Å²) < 4.78 is 4.79. The summed E-state index contributed by atoms with van der Waals surface area (Å²) in [5.74, 6) is 0.370. The first kappa shape index (κ1) is 13.7. The molecule has 0 spiro atoms. The molecule has 84 valence electrons. The van der Waals surface area contributed by atoms with Crippen molar-refractivity contribution in [1.29, 1.82) is 0 Å². The van der Waals surface area contributed by atoms with E-state index in [9.17, 15) is 9.90 Å². The van der Waals surface area contributed by atoms with Crippen molar-refractivity contribution in [3.63, 3.8) is 0 Å². The number of carbonyl (C=O) groups excluding carboxylic acids is 1. The van der Waals surface area contributed by atoms with Crippen molar-refractivity contribution in [3.05, 3.63) is 0 Å². The fraction of sp³-hybridized carbons (Fsp3) is 0.889. The Morgan fingerprint density at radius 2 is 2.21 bits per heavy atom. The molecule has 0 bridgehead atoms. The largest absolute Gasteiger partial charge is 0.392 e. The molecule has 0 rings (SSSR count). The van der Waals surface area contributed by atoms with E-state index in [2.05, 4.69) is 5.32 Å². The molecule has 0 aliphatic heterocycles. The number of methoxy groups -OCH3 is 1. The third-order valence-electron chi connectivity index (χ3n) is 1.79. The van der Waals surface area contributed by atoms with Crippen molar-refractivity contribution < 1.29 is 14.6 Å². The fourth-order valence-electron chi connectivity index (χ4n) is 0.690. The highest BCUT2D eigenvalue weighted by atomic mass is 32.2. The van der Waals surface area contributed by atoms with Crippen molar-refractivity contribution >= 4 is 17.7 Å². The van der Waals surface area contributed by atoms with Gasteiger partial charge in [0.1, 0.15) is 0 Å². The van der Waals surface area contributed by atoms with Crippen LogP contribution in [0.3, 0.4) is 0 Å². The van der Waals surface area contributed by atoms with Crippen LogP contribution in [0.5, 0.6) is 0 Å². The molecule has 14 heavy (non-hydrogen) atoms. The number of nitrogens with one attached hydrogen (secondary N) is 1. The molecule has 0 aromatic carbocycles. The summed E-state index contributed by atoms with van der Waals surface area (Å²) in [5.41, 5.74) is 0. The lowest BCUT2D eigenvalue weighted by Crippen LogP contribution is -2.29.